The Labute approximate surface area is 214 Å². The van der Waals surface area contributed by atoms with Crippen LogP contribution in [0, 0.1) is 5.41 Å². The molecule has 0 saturated carbocycles. The summed E-state index contributed by atoms with van der Waals surface area (Å²) >= 11 is 8.11. The standard InChI is InChI=1S/C23H23ClN10OS/c1-23(22(25)29-15-9-26-11-36-15)4-6-34(7-5-23)21-14(10-35)28-19-18(32-33-20(19)30-21)13-3-2-12-8-27-31-17(12)16(13)24/h2-3,8-9,11,35H,4-7,10H2,1H3,(H2,25,29)(H,27,31)(H,30,32,33). The number of aromatic nitrogens is 7. The number of nitrogens with two attached hydrogens (primary N) is 1. The lowest BCUT2D eigenvalue weighted by atomic mass is 9.79. The summed E-state index contributed by atoms with van der Waals surface area (Å²) in [5.74, 6) is 1.23. The molecule has 1 aliphatic heterocycles. The van der Waals surface area contributed by atoms with Crippen LogP contribution in [0.15, 0.2) is 35.0 Å². The van der Waals surface area contributed by atoms with Gasteiger partial charge in [0.1, 0.15) is 22.0 Å². The Morgan fingerprint density at radius 2 is 2.08 bits per heavy atom. The fourth-order valence-corrected chi connectivity index (χ4v) is 5.38. The number of aliphatic hydroxyl groups is 1. The fourth-order valence-electron chi connectivity index (χ4n) is 4.57. The van der Waals surface area contributed by atoms with Crippen LogP contribution in [0.5, 0.6) is 0 Å². The van der Waals surface area contributed by atoms with Crippen LogP contribution < -0.4 is 10.6 Å². The summed E-state index contributed by atoms with van der Waals surface area (Å²) < 4.78 is 0. The van der Waals surface area contributed by atoms with E-state index < -0.39 is 0 Å². The van der Waals surface area contributed by atoms with Crippen molar-refractivity contribution in [2.24, 2.45) is 16.1 Å². The summed E-state index contributed by atoms with van der Waals surface area (Å²) in [5.41, 5.74) is 11.5. The van der Waals surface area contributed by atoms with E-state index >= 15 is 0 Å². The average Bonchev–Trinajstić information content (AvgIpc) is 3.65. The van der Waals surface area contributed by atoms with Crippen LogP contribution in [0.2, 0.25) is 5.02 Å². The van der Waals surface area contributed by atoms with E-state index in [9.17, 15) is 5.11 Å². The molecule has 5 aromatic rings. The minimum atomic E-state index is -0.251. The third kappa shape index (κ3) is 3.77. The molecule has 0 radical (unpaired) electrons. The summed E-state index contributed by atoms with van der Waals surface area (Å²) in [5, 5.41) is 26.8. The molecule has 0 unspecified atom stereocenters. The summed E-state index contributed by atoms with van der Waals surface area (Å²) in [7, 11) is 0. The average molecular weight is 523 g/mol. The number of thiazole rings is 1. The van der Waals surface area contributed by atoms with Crippen molar-refractivity contribution < 1.29 is 5.11 Å². The second kappa shape index (κ2) is 8.80. The number of fused-ring (bicyclic) bond motifs is 2. The molecular formula is C23H23ClN10OS. The van der Waals surface area contributed by atoms with Gasteiger partial charge >= 0.3 is 0 Å². The SMILES string of the molecule is CC1(C(N)=Nc2cncs2)CCN(c2nc3n[nH]c(-c4ccc5cn[nH]c5c4Cl)c3nc2CO)CC1. The molecule has 4 aromatic heterocycles. The molecule has 11 nitrogen and oxygen atoms in total. The summed E-state index contributed by atoms with van der Waals surface area (Å²) in [6, 6.07) is 3.82. The van der Waals surface area contributed by atoms with Gasteiger partial charge in [0.15, 0.2) is 5.82 Å². The molecule has 1 aromatic carbocycles. The van der Waals surface area contributed by atoms with Crippen molar-refractivity contribution in [2.75, 3.05) is 18.0 Å². The number of rotatable bonds is 5. The molecule has 1 fully saturated rings. The number of hydrogen-bond acceptors (Lipinski definition) is 9. The van der Waals surface area contributed by atoms with Gasteiger partial charge in [-0.3, -0.25) is 15.2 Å². The number of piperidine rings is 1. The van der Waals surface area contributed by atoms with Gasteiger partial charge in [0, 0.05) is 29.5 Å². The van der Waals surface area contributed by atoms with Crippen LogP contribution in [0.1, 0.15) is 25.5 Å². The summed E-state index contributed by atoms with van der Waals surface area (Å²) in [6.45, 7) is 3.27. The number of aromatic amines is 2. The van der Waals surface area contributed by atoms with Gasteiger partial charge in [0.05, 0.1) is 40.7 Å². The molecule has 13 heteroatoms. The first-order valence-corrected chi connectivity index (χ1v) is 12.7. The van der Waals surface area contributed by atoms with Crippen molar-refractivity contribution in [2.45, 2.75) is 26.4 Å². The van der Waals surface area contributed by atoms with Gasteiger partial charge in [-0.05, 0) is 12.8 Å². The zero-order chi connectivity index (χ0) is 24.9. The van der Waals surface area contributed by atoms with E-state index in [0.717, 1.165) is 34.3 Å². The largest absolute Gasteiger partial charge is 0.390 e. The molecule has 0 spiro atoms. The number of anilines is 1. The monoisotopic (exact) mass is 522 g/mol. The number of H-pyrrole nitrogens is 2. The van der Waals surface area contributed by atoms with E-state index in [-0.39, 0.29) is 12.0 Å². The second-order valence-corrected chi connectivity index (χ2v) is 10.3. The zero-order valence-corrected chi connectivity index (χ0v) is 20.9. The number of halogens is 1. The molecule has 184 valence electrons. The van der Waals surface area contributed by atoms with Crippen LogP contribution in [-0.4, -0.2) is 59.4 Å². The van der Waals surface area contributed by atoms with Crippen molar-refractivity contribution in [1.29, 1.82) is 0 Å². The van der Waals surface area contributed by atoms with E-state index in [4.69, 9.17) is 27.3 Å². The third-order valence-electron chi connectivity index (χ3n) is 6.85. The van der Waals surface area contributed by atoms with E-state index in [1.807, 2.05) is 12.1 Å². The van der Waals surface area contributed by atoms with Crippen LogP contribution >= 0.6 is 22.9 Å². The highest BCUT2D eigenvalue weighted by Crippen LogP contribution is 2.38. The minimum Gasteiger partial charge on any atom is -0.390 e. The predicted octanol–water partition coefficient (Wildman–Crippen LogP) is 3.79. The van der Waals surface area contributed by atoms with Crippen LogP contribution in [0.25, 0.3) is 33.3 Å². The van der Waals surface area contributed by atoms with Gasteiger partial charge in [-0.25, -0.2) is 15.0 Å². The molecule has 36 heavy (non-hydrogen) atoms. The molecule has 1 aliphatic rings. The molecule has 0 aliphatic carbocycles. The molecule has 0 amide bonds. The number of nitrogens with zero attached hydrogens (tertiary/aromatic N) is 7. The smallest absolute Gasteiger partial charge is 0.202 e. The van der Waals surface area contributed by atoms with Crippen molar-refractivity contribution in [1.82, 2.24) is 35.3 Å². The van der Waals surface area contributed by atoms with Gasteiger partial charge in [-0.1, -0.05) is 30.7 Å². The van der Waals surface area contributed by atoms with Gasteiger partial charge in [0.2, 0.25) is 5.65 Å². The highest BCUT2D eigenvalue weighted by molar-refractivity contribution is 7.13. The topological polar surface area (TPSA) is 158 Å². The van der Waals surface area contributed by atoms with Crippen molar-refractivity contribution in [3.63, 3.8) is 0 Å². The van der Waals surface area contributed by atoms with E-state index in [1.54, 1.807) is 17.9 Å². The minimum absolute atomic E-state index is 0.237. The molecule has 1 saturated heterocycles. The maximum Gasteiger partial charge on any atom is 0.202 e. The lowest BCUT2D eigenvalue weighted by molar-refractivity contribution is 0.276. The maximum atomic E-state index is 10.2. The van der Waals surface area contributed by atoms with Crippen LogP contribution in [-0.2, 0) is 6.61 Å². The Morgan fingerprint density at radius 3 is 2.83 bits per heavy atom. The van der Waals surface area contributed by atoms with Gasteiger partial charge < -0.3 is 15.7 Å². The first-order valence-electron chi connectivity index (χ1n) is 11.4. The van der Waals surface area contributed by atoms with E-state index in [1.165, 1.54) is 11.3 Å². The first-order chi connectivity index (χ1) is 17.5. The summed E-state index contributed by atoms with van der Waals surface area (Å²) in [6.07, 6.45) is 5.01. The predicted molar refractivity (Wildman–Crippen MR) is 141 cm³/mol. The number of hydrogen-bond donors (Lipinski definition) is 4. The molecule has 0 atom stereocenters. The zero-order valence-electron chi connectivity index (χ0n) is 19.4. The third-order valence-corrected chi connectivity index (χ3v) is 7.90. The Kier molecular flexibility index (Phi) is 5.58. The lowest BCUT2D eigenvalue weighted by Gasteiger charge is -2.39. The van der Waals surface area contributed by atoms with Crippen molar-refractivity contribution in [3.8, 4) is 11.3 Å². The number of aliphatic imine (C=N–C) groups is 1. The maximum absolute atomic E-state index is 10.2. The summed E-state index contributed by atoms with van der Waals surface area (Å²) in [4.78, 5) is 20.3. The quantitative estimate of drug-likeness (QED) is 0.200. The highest BCUT2D eigenvalue weighted by Gasteiger charge is 2.35. The molecular weight excluding hydrogens is 500 g/mol. The Hall–Kier alpha value is -3.61. The molecule has 5 heterocycles. The van der Waals surface area contributed by atoms with Crippen molar-refractivity contribution >= 4 is 61.7 Å². The van der Waals surface area contributed by atoms with Crippen molar-refractivity contribution in [3.05, 3.63) is 40.8 Å². The van der Waals surface area contributed by atoms with Crippen LogP contribution in [0.4, 0.5) is 10.8 Å². The Morgan fingerprint density at radius 1 is 1.25 bits per heavy atom. The second-order valence-electron chi connectivity index (χ2n) is 9.07. The number of benzene rings is 1. The first kappa shape index (κ1) is 22.8. The number of aliphatic hydroxyl groups excluding tert-OH is 1. The van der Waals surface area contributed by atoms with E-state index in [2.05, 4.69) is 42.2 Å². The fraction of sp³-hybridized carbons (Fsp3) is 0.304. The number of nitrogens with one attached hydrogen (secondary N) is 2. The van der Waals surface area contributed by atoms with Gasteiger partial charge in [0.25, 0.3) is 0 Å². The molecule has 0 bridgehead atoms. The van der Waals surface area contributed by atoms with E-state index in [0.29, 0.717) is 52.3 Å². The highest BCUT2D eigenvalue weighted by atomic mass is 35.5. The van der Waals surface area contributed by atoms with Crippen LogP contribution in [0.3, 0.4) is 0 Å². The van der Waals surface area contributed by atoms with Gasteiger partial charge in [-0.15, -0.1) is 11.3 Å². The Bertz CT molecular complexity index is 1580. The molecule has 5 N–H and O–H groups in total. The number of amidine groups is 1. The van der Waals surface area contributed by atoms with Gasteiger partial charge in [-0.2, -0.15) is 10.2 Å². The molecule has 6 rings (SSSR count). The normalized spacial score (nSPS) is 16.3. The Balaban J connectivity index is 1.30. The lowest BCUT2D eigenvalue weighted by Crippen LogP contribution is -2.46.